The van der Waals surface area contributed by atoms with Crippen LogP contribution in [0.3, 0.4) is 0 Å². The van der Waals surface area contributed by atoms with Crippen molar-refractivity contribution in [3.63, 3.8) is 0 Å². The van der Waals surface area contributed by atoms with Crippen LogP contribution in [0.2, 0.25) is 0 Å². The van der Waals surface area contributed by atoms with E-state index in [1.54, 1.807) is 24.3 Å². The first kappa shape index (κ1) is 12.3. The highest BCUT2D eigenvalue weighted by Crippen LogP contribution is 2.46. The third kappa shape index (κ3) is 1.33. The Morgan fingerprint density at radius 1 is 0.565 bits per heavy atom. The molecule has 6 heteroatoms. The van der Waals surface area contributed by atoms with E-state index in [-0.39, 0.29) is 22.3 Å². The van der Waals surface area contributed by atoms with Crippen molar-refractivity contribution < 1.29 is 28.7 Å². The predicted molar refractivity (Wildman–Crippen MR) is 74.2 cm³/mol. The Hall–Kier alpha value is -3.28. The van der Waals surface area contributed by atoms with Gasteiger partial charge in [0, 0.05) is 11.1 Å². The predicted octanol–water partition coefficient (Wildman–Crippen LogP) is 1.88. The molecule has 2 aromatic carbocycles. The van der Waals surface area contributed by atoms with Crippen LogP contribution in [0.5, 0.6) is 0 Å². The van der Waals surface area contributed by atoms with Gasteiger partial charge in [-0.25, -0.2) is 19.2 Å². The van der Waals surface area contributed by atoms with Crippen molar-refractivity contribution in [1.29, 1.82) is 0 Å². The maximum atomic E-state index is 12.1. The Balaban J connectivity index is 1.92. The standard InChI is InChI=1S/C17H6O6/c18-14-8-3-1-6-5-7-2-4-9-13(17(21)23-15(9)19)11(7)10(6)12(8)16(20)22-14/h1-4H,5H2. The molecule has 0 unspecified atom stereocenters. The first-order valence-corrected chi connectivity index (χ1v) is 6.91. The van der Waals surface area contributed by atoms with Gasteiger partial charge in [-0.2, -0.15) is 0 Å². The van der Waals surface area contributed by atoms with Crippen molar-refractivity contribution in [1.82, 2.24) is 0 Å². The summed E-state index contributed by atoms with van der Waals surface area (Å²) in [5, 5.41) is 0. The van der Waals surface area contributed by atoms with Crippen LogP contribution >= 0.6 is 0 Å². The summed E-state index contributed by atoms with van der Waals surface area (Å²) in [6, 6.07) is 6.58. The van der Waals surface area contributed by atoms with Crippen molar-refractivity contribution in [3.8, 4) is 11.1 Å². The minimum absolute atomic E-state index is 0.159. The second kappa shape index (κ2) is 3.73. The van der Waals surface area contributed by atoms with E-state index < -0.39 is 23.9 Å². The molecular weight excluding hydrogens is 300 g/mol. The smallest absolute Gasteiger partial charge is 0.347 e. The fraction of sp³-hybridized carbons (Fsp3) is 0.0588. The lowest BCUT2D eigenvalue weighted by Gasteiger charge is -2.07. The molecular formula is C17H6O6. The van der Waals surface area contributed by atoms with E-state index in [0.717, 1.165) is 11.1 Å². The van der Waals surface area contributed by atoms with Gasteiger partial charge >= 0.3 is 23.9 Å². The van der Waals surface area contributed by atoms with Crippen LogP contribution in [0.15, 0.2) is 24.3 Å². The lowest BCUT2D eigenvalue weighted by molar-refractivity contribution is 0.0425. The Morgan fingerprint density at radius 2 is 1.00 bits per heavy atom. The lowest BCUT2D eigenvalue weighted by atomic mass is 9.91. The number of rotatable bonds is 0. The summed E-state index contributed by atoms with van der Waals surface area (Å²) >= 11 is 0. The number of esters is 4. The second-order valence-corrected chi connectivity index (χ2v) is 5.58. The van der Waals surface area contributed by atoms with E-state index in [1.807, 2.05) is 0 Å². The van der Waals surface area contributed by atoms with E-state index >= 15 is 0 Å². The number of fused-ring (bicyclic) bond motifs is 7. The molecule has 1 aliphatic carbocycles. The third-order valence-electron chi connectivity index (χ3n) is 4.43. The average Bonchev–Trinajstić information content (AvgIpc) is 3.12. The van der Waals surface area contributed by atoms with Crippen LogP contribution in [0, 0.1) is 0 Å². The third-order valence-corrected chi connectivity index (χ3v) is 4.43. The highest BCUT2D eigenvalue weighted by Gasteiger charge is 2.41. The van der Waals surface area contributed by atoms with Gasteiger partial charge in [-0.15, -0.1) is 0 Å². The van der Waals surface area contributed by atoms with Crippen LogP contribution in [0.4, 0.5) is 0 Å². The molecule has 2 heterocycles. The van der Waals surface area contributed by atoms with Gasteiger partial charge in [0.15, 0.2) is 0 Å². The van der Waals surface area contributed by atoms with Gasteiger partial charge < -0.3 is 9.47 Å². The molecule has 110 valence electrons. The molecule has 0 radical (unpaired) electrons. The maximum Gasteiger partial charge on any atom is 0.347 e. The normalized spacial score (nSPS) is 16.7. The highest BCUT2D eigenvalue weighted by atomic mass is 16.6. The van der Waals surface area contributed by atoms with Crippen LogP contribution in [-0.4, -0.2) is 23.9 Å². The minimum atomic E-state index is -0.731. The molecule has 0 atom stereocenters. The number of hydrogen-bond donors (Lipinski definition) is 0. The number of hydrogen-bond acceptors (Lipinski definition) is 6. The summed E-state index contributed by atoms with van der Waals surface area (Å²) in [5.74, 6) is -2.87. The first-order chi connectivity index (χ1) is 11.1. The van der Waals surface area contributed by atoms with Crippen molar-refractivity contribution in [3.05, 3.63) is 57.6 Å². The van der Waals surface area contributed by atoms with E-state index in [0.29, 0.717) is 17.5 Å². The fourth-order valence-electron chi connectivity index (χ4n) is 3.51. The molecule has 0 fully saturated rings. The SMILES string of the molecule is O=C1OC(=O)c2c1ccc1c2-c2c(ccc3c2C(=O)OC3=O)C1. The van der Waals surface area contributed by atoms with Crippen molar-refractivity contribution in [2.45, 2.75) is 6.42 Å². The largest absolute Gasteiger partial charge is 0.386 e. The maximum absolute atomic E-state index is 12.1. The molecule has 2 aromatic rings. The average molecular weight is 306 g/mol. The van der Waals surface area contributed by atoms with Gasteiger partial charge in [0.1, 0.15) is 0 Å². The fourth-order valence-corrected chi connectivity index (χ4v) is 3.51. The van der Waals surface area contributed by atoms with E-state index in [4.69, 9.17) is 0 Å². The molecule has 3 aliphatic rings. The minimum Gasteiger partial charge on any atom is -0.386 e. The van der Waals surface area contributed by atoms with Gasteiger partial charge in [0.2, 0.25) is 0 Å². The van der Waals surface area contributed by atoms with Gasteiger partial charge in [-0.05, 0) is 29.7 Å². The molecule has 0 N–H and O–H groups in total. The van der Waals surface area contributed by atoms with E-state index in [9.17, 15) is 19.2 Å². The van der Waals surface area contributed by atoms with Gasteiger partial charge in [-0.1, -0.05) is 12.1 Å². The highest BCUT2D eigenvalue weighted by molar-refractivity contribution is 6.23. The molecule has 0 spiro atoms. The summed E-state index contributed by atoms with van der Waals surface area (Å²) in [6.45, 7) is 0. The second-order valence-electron chi connectivity index (χ2n) is 5.58. The van der Waals surface area contributed by atoms with Crippen molar-refractivity contribution >= 4 is 23.9 Å². The lowest BCUT2D eigenvalue weighted by Crippen LogP contribution is -2.02. The molecule has 0 saturated carbocycles. The summed E-state index contributed by atoms with van der Waals surface area (Å²) in [7, 11) is 0. The topological polar surface area (TPSA) is 86.7 Å². The number of cyclic esters (lactones) is 4. The summed E-state index contributed by atoms with van der Waals surface area (Å²) in [6.07, 6.45) is 0.508. The van der Waals surface area contributed by atoms with Crippen LogP contribution in [0.1, 0.15) is 52.6 Å². The molecule has 23 heavy (non-hydrogen) atoms. The van der Waals surface area contributed by atoms with Gasteiger partial charge in [0.05, 0.1) is 22.3 Å². The zero-order valence-corrected chi connectivity index (χ0v) is 11.5. The first-order valence-electron chi connectivity index (χ1n) is 6.91. The zero-order valence-electron chi connectivity index (χ0n) is 11.5. The Morgan fingerprint density at radius 3 is 1.43 bits per heavy atom. The molecule has 0 saturated heterocycles. The molecule has 0 amide bonds. The molecule has 2 aliphatic heterocycles. The molecule has 0 bridgehead atoms. The number of carbonyl (C=O) groups excluding carboxylic acids is 4. The molecule has 0 aromatic heterocycles. The zero-order chi connectivity index (χ0) is 15.9. The Bertz CT molecular complexity index is 933. The molecule has 6 nitrogen and oxygen atoms in total. The molecule has 5 rings (SSSR count). The number of benzene rings is 2. The summed E-state index contributed by atoms with van der Waals surface area (Å²) in [5.41, 5.74) is 3.29. The van der Waals surface area contributed by atoms with E-state index in [1.165, 1.54) is 0 Å². The van der Waals surface area contributed by atoms with Crippen molar-refractivity contribution in [2.24, 2.45) is 0 Å². The van der Waals surface area contributed by atoms with Crippen molar-refractivity contribution in [2.75, 3.05) is 0 Å². The van der Waals surface area contributed by atoms with Gasteiger partial charge in [-0.3, -0.25) is 0 Å². The Labute approximate surface area is 128 Å². The summed E-state index contributed by atoms with van der Waals surface area (Å²) in [4.78, 5) is 47.6. The number of ether oxygens (including phenoxy) is 2. The number of carbonyl (C=O) groups is 4. The van der Waals surface area contributed by atoms with Crippen LogP contribution in [0.25, 0.3) is 11.1 Å². The van der Waals surface area contributed by atoms with Gasteiger partial charge in [0.25, 0.3) is 0 Å². The van der Waals surface area contributed by atoms with Crippen LogP contribution in [-0.2, 0) is 15.9 Å². The summed E-state index contributed by atoms with van der Waals surface area (Å²) < 4.78 is 9.36. The quantitative estimate of drug-likeness (QED) is 0.465. The Kier molecular flexibility index (Phi) is 1.99. The van der Waals surface area contributed by atoms with E-state index in [2.05, 4.69) is 9.47 Å². The monoisotopic (exact) mass is 306 g/mol. The van der Waals surface area contributed by atoms with Crippen LogP contribution < -0.4 is 0 Å².